The van der Waals surface area contributed by atoms with Gasteiger partial charge in [0.15, 0.2) is 0 Å². The van der Waals surface area contributed by atoms with E-state index in [1.807, 2.05) is 0 Å². The minimum Gasteiger partial charge on any atom is -0.310 e. The fraction of sp³-hybridized carbons (Fsp3) is 0.818. The Balaban J connectivity index is 2.33. The van der Waals surface area contributed by atoms with Gasteiger partial charge in [0.05, 0.1) is 0 Å². The molecule has 0 aliphatic carbocycles. The van der Waals surface area contributed by atoms with Gasteiger partial charge in [-0.3, -0.25) is 0 Å². The van der Waals surface area contributed by atoms with Crippen LogP contribution < -0.4 is 5.32 Å². The van der Waals surface area contributed by atoms with Crippen LogP contribution in [0.15, 0.2) is 12.2 Å². The third-order valence-electron chi connectivity index (χ3n) is 2.62. The van der Waals surface area contributed by atoms with Crippen LogP contribution in [0.3, 0.4) is 0 Å². The number of hydrogen-bond acceptors (Lipinski definition) is 2. The zero-order valence-electron chi connectivity index (χ0n) is 9.19. The zero-order valence-corrected chi connectivity index (χ0v) is 9.19. The van der Waals surface area contributed by atoms with Crippen molar-refractivity contribution in [1.82, 2.24) is 10.2 Å². The van der Waals surface area contributed by atoms with E-state index in [0.29, 0.717) is 5.54 Å². The molecule has 1 saturated heterocycles. The van der Waals surface area contributed by atoms with Crippen molar-refractivity contribution in [3.63, 3.8) is 0 Å². The van der Waals surface area contributed by atoms with Crippen LogP contribution in [0, 0.1) is 0 Å². The Morgan fingerprint density at radius 1 is 1.62 bits per heavy atom. The summed E-state index contributed by atoms with van der Waals surface area (Å²) in [5.41, 5.74) is 1.58. The largest absolute Gasteiger partial charge is 0.310 e. The second-order valence-electron chi connectivity index (χ2n) is 4.72. The average molecular weight is 182 g/mol. The maximum Gasteiger partial charge on any atom is 0.0280 e. The summed E-state index contributed by atoms with van der Waals surface area (Å²) >= 11 is 0. The highest BCUT2D eigenvalue weighted by molar-refractivity contribution is 4.95. The van der Waals surface area contributed by atoms with Crippen molar-refractivity contribution in [3.05, 3.63) is 12.2 Å². The van der Waals surface area contributed by atoms with Gasteiger partial charge < -0.3 is 10.2 Å². The van der Waals surface area contributed by atoms with Gasteiger partial charge in [-0.2, -0.15) is 0 Å². The quantitative estimate of drug-likeness (QED) is 0.665. The van der Waals surface area contributed by atoms with E-state index >= 15 is 0 Å². The number of nitrogens with one attached hydrogen (secondary N) is 1. The number of nitrogens with zero attached hydrogens (tertiary/aromatic N) is 1. The predicted octanol–water partition coefficient (Wildman–Crippen LogP) is 1.64. The predicted molar refractivity (Wildman–Crippen MR) is 58.0 cm³/mol. The molecular formula is C11H22N2. The summed E-state index contributed by atoms with van der Waals surface area (Å²) in [7, 11) is 2.17. The van der Waals surface area contributed by atoms with Crippen molar-refractivity contribution in [3.8, 4) is 0 Å². The van der Waals surface area contributed by atoms with Crippen molar-refractivity contribution in [1.29, 1.82) is 0 Å². The second kappa shape index (κ2) is 4.25. The molecule has 0 aromatic rings. The fourth-order valence-corrected chi connectivity index (χ4v) is 2.20. The average Bonchev–Trinajstić information content (AvgIpc) is 2.33. The minimum absolute atomic E-state index is 0.337. The van der Waals surface area contributed by atoms with Gasteiger partial charge >= 0.3 is 0 Å². The van der Waals surface area contributed by atoms with Crippen molar-refractivity contribution in [2.24, 2.45) is 0 Å². The van der Waals surface area contributed by atoms with Crippen LogP contribution in [0.25, 0.3) is 0 Å². The van der Waals surface area contributed by atoms with Crippen molar-refractivity contribution in [2.75, 3.05) is 26.7 Å². The topological polar surface area (TPSA) is 15.3 Å². The van der Waals surface area contributed by atoms with E-state index in [2.05, 4.69) is 37.7 Å². The molecule has 0 aromatic heterocycles. The molecule has 13 heavy (non-hydrogen) atoms. The van der Waals surface area contributed by atoms with Crippen molar-refractivity contribution in [2.45, 2.75) is 32.2 Å². The molecule has 1 unspecified atom stereocenters. The molecule has 1 fully saturated rings. The third kappa shape index (κ3) is 3.49. The first-order valence-electron chi connectivity index (χ1n) is 5.10. The molecule has 1 rings (SSSR count). The van der Waals surface area contributed by atoms with E-state index in [4.69, 9.17) is 0 Å². The highest BCUT2D eigenvalue weighted by atomic mass is 15.1. The molecular weight excluding hydrogens is 160 g/mol. The molecule has 2 nitrogen and oxygen atoms in total. The standard InChI is InChI=1S/C11H22N2/c1-10(2)8-13(4)9-11(3)6-5-7-12-11/h12H,1,5-9H2,2-4H3. The second-order valence-corrected chi connectivity index (χ2v) is 4.72. The molecule has 0 saturated carbocycles. The van der Waals surface area contributed by atoms with Crippen LogP contribution in [-0.2, 0) is 0 Å². The van der Waals surface area contributed by atoms with E-state index in [-0.39, 0.29) is 0 Å². The fourth-order valence-electron chi connectivity index (χ4n) is 2.20. The lowest BCUT2D eigenvalue weighted by atomic mass is 10.00. The first kappa shape index (κ1) is 10.7. The molecule has 76 valence electrons. The Morgan fingerprint density at radius 2 is 2.31 bits per heavy atom. The first-order chi connectivity index (χ1) is 6.02. The molecule has 2 heteroatoms. The van der Waals surface area contributed by atoms with Crippen LogP contribution in [0.5, 0.6) is 0 Å². The van der Waals surface area contributed by atoms with Crippen molar-refractivity contribution < 1.29 is 0 Å². The van der Waals surface area contributed by atoms with Gasteiger partial charge in [0.25, 0.3) is 0 Å². The van der Waals surface area contributed by atoms with Gasteiger partial charge in [-0.15, -0.1) is 0 Å². The zero-order chi connectivity index (χ0) is 9.90. The maximum absolute atomic E-state index is 3.93. The smallest absolute Gasteiger partial charge is 0.0280 e. The molecule has 1 aliphatic heterocycles. The summed E-state index contributed by atoms with van der Waals surface area (Å²) in [5.74, 6) is 0. The van der Waals surface area contributed by atoms with Gasteiger partial charge in [0, 0.05) is 18.6 Å². The molecule has 0 radical (unpaired) electrons. The van der Waals surface area contributed by atoms with Gasteiger partial charge in [-0.05, 0) is 40.3 Å². The number of hydrogen-bond donors (Lipinski definition) is 1. The molecule has 0 amide bonds. The maximum atomic E-state index is 3.93. The summed E-state index contributed by atoms with van der Waals surface area (Å²) in [5, 5.41) is 3.57. The highest BCUT2D eigenvalue weighted by Crippen LogP contribution is 2.19. The van der Waals surface area contributed by atoms with Crippen LogP contribution in [0.1, 0.15) is 26.7 Å². The molecule has 1 N–H and O–H groups in total. The Bertz CT molecular complexity index is 181. The molecule has 0 bridgehead atoms. The van der Waals surface area contributed by atoms with Crippen LogP contribution in [0.2, 0.25) is 0 Å². The molecule has 1 aliphatic rings. The van der Waals surface area contributed by atoms with E-state index in [9.17, 15) is 0 Å². The van der Waals surface area contributed by atoms with Crippen LogP contribution in [0.4, 0.5) is 0 Å². The Hall–Kier alpha value is -0.340. The first-order valence-corrected chi connectivity index (χ1v) is 5.10. The summed E-state index contributed by atoms with van der Waals surface area (Å²) in [6.07, 6.45) is 2.62. The number of rotatable bonds is 4. The summed E-state index contributed by atoms with van der Waals surface area (Å²) < 4.78 is 0. The lowest BCUT2D eigenvalue weighted by Crippen LogP contribution is -2.46. The van der Waals surface area contributed by atoms with Gasteiger partial charge in [-0.1, -0.05) is 12.2 Å². The van der Waals surface area contributed by atoms with E-state index in [1.165, 1.54) is 25.0 Å². The normalized spacial score (nSPS) is 28.3. The molecule has 1 heterocycles. The van der Waals surface area contributed by atoms with E-state index in [1.54, 1.807) is 0 Å². The highest BCUT2D eigenvalue weighted by Gasteiger charge is 2.28. The van der Waals surface area contributed by atoms with E-state index < -0.39 is 0 Å². The Labute approximate surface area is 82.0 Å². The third-order valence-corrected chi connectivity index (χ3v) is 2.62. The van der Waals surface area contributed by atoms with Gasteiger partial charge in [-0.25, -0.2) is 0 Å². The van der Waals surface area contributed by atoms with Gasteiger partial charge in [0.2, 0.25) is 0 Å². The minimum atomic E-state index is 0.337. The molecule has 0 aromatic carbocycles. The lowest BCUT2D eigenvalue weighted by Gasteiger charge is -2.30. The Morgan fingerprint density at radius 3 is 2.77 bits per heavy atom. The SMILES string of the molecule is C=C(C)CN(C)CC1(C)CCCN1. The number of likely N-dealkylation sites (N-methyl/N-ethyl adjacent to an activating group) is 1. The van der Waals surface area contributed by atoms with Crippen molar-refractivity contribution >= 4 is 0 Å². The summed E-state index contributed by atoms with van der Waals surface area (Å²) in [6, 6.07) is 0. The van der Waals surface area contributed by atoms with Crippen LogP contribution in [-0.4, -0.2) is 37.1 Å². The molecule has 1 atom stereocenters. The van der Waals surface area contributed by atoms with E-state index in [0.717, 1.165) is 13.1 Å². The lowest BCUT2D eigenvalue weighted by molar-refractivity contribution is 0.254. The summed E-state index contributed by atoms with van der Waals surface area (Å²) in [4.78, 5) is 2.35. The monoisotopic (exact) mass is 182 g/mol. The van der Waals surface area contributed by atoms with Gasteiger partial charge in [0.1, 0.15) is 0 Å². The molecule has 0 spiro atoms. The summed E-state index contributed by atoms with van der Waals surface area (Å²) in [6.45, 7) is 11.6. The Kier molecular flexibility index (Phi) is 3.51. The van der Waals surface area contributed by atoms with Crippen LogP contribution >= 0.6 is 0 Å².